The molecule has 0 N–H and O–H groups in total. The van der Waals surface area contributed by atoms with Crippen LogP contribution >= 0.6 is 0 Å². The second-order valence-electron chi connectivity index (χ2n) is 6.71. The number of benzene rings is 1. The van der Waals surface area contributed by atoms with Gasteiger partial charge in [-0.3, -0.25) is 0 Å². The first-order valence-corrected chi connectivity index (χ1v) is 9.02. The lowest BCUT2D eigenvalue weighted by Crippen LogP contribution is -2.60. The molecule has 1 aromatic carbocycles. The Hall–Kier alpha value is -1.15. The van der Waals surface area contributed by atoms with Crippen molar-refractivity contribution >= 4 is 10.0 Å². The van der Waals surface area contributed by atoms with Gasteiger partial charge in [-0.25, -0.2) is 12.8 Å². The van der Waals surface area contributed by atoms with Crippen LogP contribution in [0.25, 0.3) is 0 Å². The van der Waals surface area contributed by atoms with Crippen LogP contribution in [0.2, 0.25) is 0 Å². The van der Waals surface area contributed by atoms with Crippen molar-refractivity contribution in [1.29, 1.82) is 0 Å². The number of rotatable bonds is 2. The Morgan fingerprint density at radius 2 is 1.83 bits per heavy atom. The molecule has 126 valence electrons. The highest BCUT2D eigenvalue weighted by atomic mass is 32.2. The van der Waals surface area contributed by atoms with Gasteiger partial charge in [-0.1, -0.05) is 0 Å². The molecule has 2 bridgehead atoms. The van der Waals surface area contributed by atoms with Gasteiger partial charge in [-0.05, 0) is 55.2 Å². The highest BCUT2D eigenvalue weighted by molar-refractivity contribution is 7.89. The fourth-order valence-corrected chi connectivity index (χ4v) is 6.40. The van der Waals surface area contributed by atoms with Crippen molar-refractivity contribution in [3.05, 3.63) is 29.6 Å². The lowest BCUT2D eigenvalue weighted by molar-refractivity contribution is -0.137. The zero-order valence-corrected chi connectivity index (χ0v) is 12.9. The molecule has 0 amide bonds. The molecule has 3 aliphatic rings. The molecule has 2 saturated carbocycles. The van der Waals surface area contributed by atoms with Gasteiger partial charge >= 0.3 is 6.18 Å². The highest BCUT2D eigenvalue weighted by Gasteiger charge is 2.60. The predicted octanol–water partition coefficient (Wildman–Crippen LogP) is 3.26. The van der Waals surface area contributed by atoms with E-state index in [-0.39, 0.29) is 17.9 Å². The largest absolute Gasteiger partial charge is 0.416 e. The maximum Gasteiger partial charge on any atom is 0.416 e. The zero-order chi connectivity index (χ0) is 16.6. The minimum Gasteiger partial charge on any atom is -0.207 e. The van der Waals surface area contributed by atoms with Gasteiger partial charge < -0.3 is 0 Å². The van der Waals surface area contributed by atoms with Crippen molar-refractivity contribution in [1.82, 2.24) is 4.31 Å². The third-order valence-electron chi connectivity index (χ3n) is 5.61. The first-order chi connectivity index (χ1) is 10.7. The molecule has 0 aromatic heterocycles. The first kappa shape index (κ1) is 15.4. The number of sulfonamides is 1. The molecule has 3 fully saturated rings. The molecule has 0 unspecified atom stereocenters. The third kappa shape index (κ3) is 2.14. The highest BCUT2D eigenvalue weighted by Crippen LogP contribution is 2.56. The Balaban J connectivity index is 1.70. The van der Waals surface area contributed by atoms with E-state index in [4.69, 9.17) is 0 Å². The second-order valence-corrected chi connectivity index (χ2v) is 8.56. The van der Waals surface area contributed by atoms with Crippen LogP contribution in [0.3, 0.4) is 0 Å². The Kier molecular flexibility index (Phi) is 3.14. The van der Waals surface area contributed by atoms with Gasteiger partial charge in [0.1, 0.15) is 10.7 Å². The molecule has 3 nitrogen and oxygen atoms in total. The molecule has 1 heterocycles. The molecular formula is C15H15F4NO2S. The number of hydrogen-bond donors (Lipinski definition) is 0. The molecule has 23 heavy (non-hydrogen) atoms. The Morgan fingerprint density at radius 3 is 2.48 bits per heavy atom. The summed E-state index contributed by atoms with van der Waals surface area (Å²) in [5.74, 6) is -0.0628. The summed E-state index contributed by atoms with van der Waals surface area (Å²) in [4.78, 5) is -0.867. The minimum absolute atomic E-state index is 0.160. The van der Waals surface area contributed by atoms with Gasteiger partial charge in [-0.2, -0.15) is 17.5 Å². The second kappa shape index (κ2) is 4.69. The molecular weight excluding hydrogens is 334 g/mol. The summed E-state index contributed by atoms with van der Waals surface area (Å²) in [6.07, 6.45) is -1.69. The lowest BCUT2D eigenvalue weighted by Gasteiger charge is -2.49. The molecule has 1 aliphatic heterocycles. The summed E-state index contributed by atoms with van der Waals surface area (Å²) in [7, 11) is -4.23. The van der Waals surface area contributed by atoms with E-state index >= 15 is 0 Å². The minimum atomic E-state index is -4.71. The van der Waals surface area contributed by atoms with Crippen LogP contribution in [-0.4, -0.2) is 25.3 Å². The molecule has 0 spiro atoms. The van der Waals surface area contributed by atoms with Crippen molar-refractivity contribution < 1.29 is 26.0 Å². The smallest absolute Gasteiger partial charge is 0.207 e. The summed E-state index contributed by atoms with van der Waals surface area (Å²) < 4.78 is 78.8. The van der Waals surface area contributed by atoms with Crippen LogP contribution in [0.1, 0.15) is 24.8 Å². The van der Waals surface area contributed by atoms with Gasteiger partial charge in [0.25, 0.3) is 0 Å². The zero-order valence-electron chi connectivity index (χ0n) is 12.1. The average Bonchev–Trinajstić information content (AvgIpc) is 2.93. The van der Waals surface area contributed by atoms with Crippen molar-refractivity contribution in [2.24, 2.45) is 17.8 Å². The maximum absolute atomic E-state index is 13.9. The maximum atomic E-state index is 13.9. The monoisotopic (exact) mass is 349 g/mol. The van der Waals surface area contributed by atoms with E-state index in [9.17, 15) is 26.0 Å². The van der Waals surface area contributed by atoms with E-state index in [0.29, 0.717) is 30.7 Å². The van der Waals surface area contributed by atoms with Gasteiger partial charge in [-0.15, -0.1) is 0 Å². The standard InChI is InChI=1S/C15H15F4NO2S/c16-12-4-3-10(15(17,18)19)6-13(12)23(21,22)20-7-11-8-1-2-9(5-8)14(11)20/h3-4,6,8-9,11,14H,1-2,5,7H2/t8-,9-,11-,14+/m0/s1. The Labute approximate surface area is 131 Å². The summed E-state index contributed by atoms with van der Waals surface area (Å²) in [5.41, 5.74) is -1.15. The van der Waals surface area contributed by atoms with Crippen LogP contribution in [0, 0.1) is 23.6 Å². The van der Waals surface area contributed by atoms with E-state index in [2.05, 4.69) is 0 Å². The molecule has 4 atom stereocenters. The molecule has 1 aromatic rings. The van der Waals surface area contributed by atoms with E-state index in [1.807, 2.05) is 0 Å². The first-order valence-electron chi connectivity index (χ1n) is 7.58. The number of hydrogen-bond acceptors (Lipinski definition) is 2. The lowest BCUT2D eigenvalue weighted by atomic mass is 9.79. The topological polar surface area (TPSA) is 37.4 Å². The fourth-order valence-electron chi connectivity index (χ4n) is 4.54. The van der Waals surface area contributed by atoms with Crippen molar-refractivity contribution in [3.8, 4) is 0 Å². The summed E-state index contributed by atoms with van der Waals surface area (Å²) >= 11 is 0. The van der Waals surface area contributed by atoms with Gasteiger partial charge in [0.05, 0.1) is 5.56 Å². The SMILES string of the molecule is O=S(=O)(c1cc(C(F)(F)F)ccc1F)N1C[C@H]2[C@H]3CC[C@@H](C3)[C@H]21. The number of nitrogens with zero attached hydrogens (tertiary/aromatic N) is 1. The average molecular weight is 349 g/mol. The van der Waals surface area contributed by atoms with E-state index in [1.54, 1.807) is 0 Å². The van der Waals surface area contributed by atoms with Crippen LogP contribution in [-0.2, 0) is 16.2 Å². The van der Waals surface area contributed by atoms with Gasteiger partial charge in [0, 0.05) is 12.6 Å². The van der Waals surface area contributed by atoms with Crippen LogP contribution in [0.4, 0.5) is 17.6 Å². The molecule has 8 heteroatoms. The molecule has 0 radical (unpaired) electrons. The van der Waals surface area contributed by atoms with E-state index in [1.165, 1.54) is 4.31 Å². The van der Waals surface area contributed by atoms with Gasteiger partial charge in [0.2, 0.25) is 10.0 Å². The van der Waals surface area contributed by atoms with Crippen LogP contribution in [0.15, 0.2) is 23.1 Å². The van der Waals surface area contributed by atoms with Gasteiger partial charge in [0.15, 0.2) is 0 Å². The summed E-state index contributed by atoms with van der Waals surface area (Å²) in [6, 6.07) is 1.39. The predicted molar refractivity (Wildman–Crippen MR) is 73.4 cm³/mol. The molecule has 2 aliphatic carbocycles. The Bertz CT molecular complexity index is 759. The number of fused-ring (bicyclic) bond motifs is 5. The summed E-state index contributed by atoms with van der Waals surface area (Å²) in [5, 5.41) is 0. The fraction of sp³-hybridized carbons (Fsp3) is 0.600. The third-order valence-corrected chi connectivity index (χ3v) is 7.49. The normalized spacial score (nSPS) is 33.6. The van der Waals surface area contributed by atoms with Crippen LogP contribution < -0.4 is 0 Å². The van der Waals surface area contributed by atoms with Crippen molar-refractivity contribution in [2.75, 3.05) is 6.54 Å². The van der Waals surface area contributed by atoms with Crippen molar-refractivity contribution in [2.45, 2.75) is 36.4 Å². The van der Waals surface area contributed by atoms with E-state index in [0.717, 1.165) is 19.3 Å². The number of alkyl halides is 3. The molecule has 1 saturated heterocycles. The van der Waals surface area contributed by atoms with E-state index < -0.39 is 32.5 Å². The quantitative estimate of drug-likeness (QED) is 0.769. The van der Waals surface area contributed by atoms with Crippen molar-refractivity contribution in [3.63, 3.8) is 0 Å². The Morgan fingerprint density at radius 1 is 1.13 bits per heavy atom. The number of halogens is 4. The summed E-state index contributed by atoms with van der Waals surface area (Å²) in [6.45, 7) is 0.295. The van der Waals surface area contributed by atoms with Crippen LogP contribution in [0.5, 0.6) is 0 Å². The molecule has 4 rings (SSSR count).